The molecule has 5 heteroatoms. The third-order valence-electron chi connectivity index (χ3n) is 4.79. The van der Waals surface area contributed by atoms with Crippen molar-refractivity contribution in [3.8, 4) is 11.5 Å². The first kappa shape index (κ1) is 17.1. The number of benzene rings is 2. The highest BCUT2D eigenvalue weighted by atomic mass is 35.5. The lowest BCUT2D eigenvalue weighted by molar-refractivity contribution is 0.210. The minimum absolute atomic E-state index is 0.212. The van der Waals surface area contributed by atoms with Crippen LogP contribution in [0.2, 0.25) is 5.02 Å². The van der Waals surface area contributed by atoms with Crippen LogP contribution in [0.5, 0.6) is 11.5 Å². The molecule has 2 aromatic carbocycles. The van der Waals surface area contributed by atoms with Gasteiger partial charge in [0.1, 0.15) is 0 Å². The van der Waals surface area contributed by atoms with Crippen molar-refractivity contribution in [3.05, 3.63) is 57.6 Å². The SMILES string of the molecule is COc1ccc(CN2Cc3c(ccc(Cl)c3C)C2CN)cc1OC. The maximum absolute atomic E-state index is 6.28. The molecule has 2 aromatic rings. The third-order valence-corrected chi connectivity index (χ3v) is 5.20. The summed E-state index contributed by atoms with van der Waals surface area (Å²) in [5.41, 5.74) is 11.0. The maximum atomic E-state index is 6.28. The lowest BCUT2D eigenvalue weighted by atomic mass is 10.0. The normalized spacial score (nSPS) is 17.0. The average molecular weight is 347 g/mol. The number of methoxy groups -OCH3 is 2. The van der Waals surface area contributed by atoms with Gasteiger partial charge in [-0.1, -0.05) is 23.7 Å². The highest BCUT2D eigenvalue weighted by molar-refractivity contribution is 6.31. The molecule has 4 nitrogen and oxygen atoms in total. The van der Waals surface area contributed by atoms with E-state index in [2.05, 4.69) is 24.0 Å². The standard InChI is InChI=1S/C19H23ClN2O2/c1-12-15-11-22(17(9-21)14(15)5-6-16(12)20)10-13-4-7-18(23-2)19(8-13)24-3/h4-8,17H,9-11,21H2,1-3H3. The van der Waals surface area contributed by atoms with Gasteiger partial charge in [-0.2, -0.15) is 0 Å². The van der Waals surface area contributed by atoms with Gasteiger partial charge in [0.25, 0.3) is 0 Å². The van der Waals surface area contributed by atoms with Crippen molar-refractivity contribution < 1.29 is 9.47 Å². The number of halogens is 1. The Kier molecular flexibility index (Phi) is 4.99. The van der Waals surface area contributed by atoms with E-state index in [-0.39, 0.29) is 6.04 Å². The van der Waals surface area contributed by atoms with Crippen LogP contribution in [0.3, 0.4) is 0 Å². The Labute approximate surface area is 148 Å². The molecule has 1 unspecified atom stereocenters. The molecule has 0 saturated carbocycles. The molecule has 0 bridgehead atoms. The molecule has 0 aliphatic carbocycles. The number of hydrogen-bond donors (Lipinski definition) is 1. The number of nitrogens with two attached hydrogens (primary N) is 1. The quantitative estimate of drug-likeness (QED) is 0.897. The van der Waals surface area contributed by atoms with E-state index in [0.29, 0.717) is 6.54 Å². The molecule has 1 atom stereocenters. The fraction of sp³-hybridized carbons (Fsp3) is 0.368. The third kappa shape index (κ3) is 2.97. The van der Waals surface area contributed by atoms with Crippen molar-refractivity contribution in [1.82, 2.24) is 4.90 Å². The van der Waals surface area contributed by atoms with Crippen LogP contribution in [0.4, 0.5) is 0 Å². The summed E-state index contributed by atoms with van der Waals surface area (Å²) in [6.45, 7) is 4.32. The van der Waals surface area contributed by atoms with Gasteiger partial charge in [0, 0.05) is 30.7 Å². The van der Waals surface area contributed by atoms with Crippen LogP contribution in [0.1, 0.15) is 28.3 Å². The van der Waals surface area contributed by atoms with E-state index in [4.69, 9.17) is 26.8 Å². The summed E-state index contributed by atoms with van der Waals surface area (Å²) in [6.07, 6.45) is 0. The Bertz CT molecular complexity index is 748. The van der Waals surface area contributed by atoms with Gasteiger partial charge in [0.2, 0.25) is 0 Å². The van der Waals surface area contributed by atoms with E-state index in [1.54, 1.807) is 14.2 Å². The van der Waals surface area contributed by atoms with Crippen LogP contribution < -0.4 is 15.2 Å². The fourth-order valence-corrected chi connectivity index (χ4v) is 3.61. The summed E-state index contributed by atoms with van der Waals surface area (Å²) in [4.78, 5) is 2.38. The number of fused-ring (bicyclic) bond motifs is 1. The monoisotopic (exact) mass is 346 g/mol. The van der Waals surface area contributed by atoms with Crippen LogP contribution in [0, 0.1) is 6.92 Å². The molecule has 24 heavy (non-hydrogen) atoms. The summed E-state index contributed by atoms with van der Waals surface area (Å²) in [5, 5.41) is 0.817. The molecular formula is C19H23ClN2O2. The summed E-state index contributed by atoms with van der Waals surface area (Å²) < 4.78 is 10.7. The van der Waals surface area contributed by atoms with Gasteiger partial charge in [0.15, 0.2) is 11.5 Å². The number of rotatable bonds is 5. The first-order valence-electron chi connectivity index (χ1n) is 8.02. The minimum Gasteiger partial charge on any atom is -0.493 e. The fourth-order valence-electron chi connectivity index (χ4n) is 3.44. The second-order valence-electron chi connectivity index (χ2n) is 6.09. The van der Waals surface area contributed by atoms with Crippen molar-refractivity contribution in [2.75, 3.05) is 20.8 Å². The van der Waals surface area contributed by atoms with Gasteiger partial charge >= 0.3 is 0 Å². The Morgan fingerprint density at radius 3 is 2.58 bits per heavy atom. The molecule has 0 radical (unpaired) electrons. The average Bonchev–Trinajstić information content (AvgIpc) is 2.95. The smallest absolute Gasteiger partial charge is 0.161 e. The summed E-state index contributed by atoms with van der Waals surface area (Å²) in [5.74, 6) is 1.49. The molecule has 0 spiro atoms. The largest absolute Gasteiger partial charge is 0.493 e. The van der Waals surface area contributed by atoms with Crippen LogP contribution in [0.15, 0.2) is 30.3 Å². The molecule has 3 rings (SSSR count). The van der Waals surface area contributed by atoms with Gasteiger partial charge in [0.05, 0.1) is 14.2 Å². The van der Waals surface area contributed by atoms with Gasteiger partial charge in [-0.25, -0.2) is 0 Å². The second kappa shape index (κ2) is 7.01. The first-order valence-corrected chi connectivity index (χ1v) is 8.39. The minimum atomic E-state index is 0.212. The van der Waals surface area contributed by atoms with Crippen LogP contribution >= 0.6 is 11.6 Å². The molecule has 1 aliphatic rings. The Hall–Kier alpha value is -1.75. The van der Waals surface area contributed by atoms with E-state index in [9.17, 15) is 0 Å². The van der Waals surface area contributed by atoms with Crippen LogP contribution in [-0.4, -0.2) is 25.7 Å². The summed E-state index contributed by atoms with van der Waals surface area (Å²) in [6, 6.07) is 10.3. The van der Waals surface area contributed by atoms with E-state index < -0.39 is 0 Å². The highest BCUT2D eigenvalue weighted by Crippen LogP contribution is 2.38. The summed E-state index contributed by atoms with van der Waals surface area (Å²) >= 11 is 6.28. The van der Waals surface area contributed by atoms with E-state index >= 15 is 0 Å². The molecular weight excluding hydrogens is 324 g/mol. The number of nitrogens with zero attached hydrogens (tertiary/aromatic N) is 1. The predicted molar refractivity (Wildman–Crippen MR) is 96.8 cm³/mol. The first-order chi connectivity index (χ1) is 11.6. The van der Waals surface area contributed by atoms with Crippen LogP contribution in [0.25, 0.3) is 0 Å². The molecule has 0 aromatic heterocycles. The lowest BCUT2D eigenvalue weighted by Gasteiger charge is -2.24. The van der Waals surface area contributed by atoms with Crippen molar-refractivity contribution in [2.45, 2.75) is 26.1 Å². The predicted octanol–water partition coefficient (Wildman–Crippen LogP) is 3.68. The van der Waals surface area contributed by atoms with Gasteiger partial charge in [-0.3, -0.25) is 4.90 Å². The zero-order valence-corrected chi connectivity index (χ0v) is 15.1. The second-order valence-corrected chi connectivity index (χ2v) is 6.49. The molecule has 1 heterocycles. The zero-order valence-electron chi connectivity index (χ0n) is 14.3. The van der Waals surface area contributed by atoms with Gasteiger partial charge in [-0.15, -0.1) is 0 Å². The molecule has 0 amide bonds. The number of ether oxygens (including phenoxy) is 2. The maximum Gasteiger partial charge on any atom is 0.161 e. The lowest BCUT2D eigenvalue weighted by Crippen LogP contribution is -2.27. The van der Waals surface area contributed by atoms with E-state index in [1.165, 1.54) is 16.7 Å². The Morgan fingerprint density at radius 1 is 1.17 bits per heavy atom. The van der Waals surface area contributed by atoms with Crippen molar-refractivity contribution in [3.63, 3.8) is 0 Å². The molecule has 0 fully saturated rings. The van der Waals surface area contributed by atoms with Crippen LogP contribution in [-0.2, 0) is 13.1 Å². The van der Waals surface area contributed by atoms with Gasteiger partial charge in [-0.05, 0) is 47.4 Å². The van der Waals surface area contributed by atoms with E-state index in [1.807, 2.05) is 18.2 Å². The topological polar surface area (TPSA) is 47.7 Å². The van der Waals surface area contributed by atoms with E-state index in [0.717, 1.165) is 35.2 Å². The summed E-state index contributed by atoms with van der Waals surface area (Å²) in [7, 11) is 3.30. The Morgan fingerprint density at radius 2 is 1.92 bits per heavy atom. The highest BCUT2D eigenvalue weighted by Gasteiger charge is 2.30. The molecule has 128 valence electrons. The Balaban J connectivity index is 1.87. The van der Waals surface area contributed by atoms with Crippen molar-refractivity contribution in [2.24, 2.45) is 5.73 Å². The number of hydrogen-bond acceptors (Lipinski definition) is 4. The molecule has 2 N–H and O–H groups in total. The van der Waals surface area contributed by atoms with Gasteiger partial charge < -0.3 is 15.2 Å². The zero-order chi connectivity index (χ0) is 17.3. The molecule has 1 aliphatic heterocycles. The molecule has 0 saturated heterocycles. The van der Waals surface area contributed by atoms with Crippen molar-refractivity contribution >= 4 is 11.6 Å². The van der Waals surface area contributed by atoms with Crippen molar-refractivity contribution in [1.29, 1.82) is 0 Å².